The van der Waals surface area contributed by atoms with Crippen LogP contribution in [0.15, 0.2) is 53.4 Å². The predicted octanol–water partition coefficient (Wildman–Crippen LogP) is 2.77. The van der Waals surface area contributed by atoms with E-state index in [0.717, 1.165) is 23.4 Å². The van der Waals surface area contributed by atoms with Crippen LogP contribution in [-0.4, -0.2) is 28.8 Å². The van der Waals surface area contributed by atoms with Crippen molar-refractivity contribution in [1.82, 2.24) is 13.9 Å². The summed E-state index contributed by atoms with van der Waals surface area (Å²) in [5.41, 5.74) is 1.89. The van der Waals surface area contributed by atoms with Gasteiger partial charge in [-0.25, -0.2) is 17.8 Å². The van der Waals surface area contributed by atoms with Crippen molar-refractivity contribution in [3.05, 3.63) is 60.2 Å². The molecule has 0 amide bonds. The Kier molecular flexibility index (Phi) is 3.62. The molecule has 124 valence electrons. The lowest BCUT2D eigenvalue weighted by Crippen LogP contribution is -2.31. The Morgan fingerprint density at radius 2 is 1.75 bits per heavy atom. The van der Waals surface area contributed by atoms with Crippen LogP contribution in [0.3, 0.4) is 0 Å². The molecular weight excluding hydrogens is 329 g/mol. The van der Waals surface area contributed by atoms with E-state index >= 15 is 0 Å². The van der Waals surface area contributed by atoms with E-state index in [1.807, 2.05) is 24.3 Å². The third-order valence-electron chi connectivity index (χ3n) is 4.29. The zero-order valence-corrected chi connectivity index (χ0v) is 13.7. The van der Waals surface area contributed by atoms with Crippen LogP contribution in [0.5, 0.6) is 0 Å². The first-order valence-electron chi connectivity index (χ1n) is 7.75. The molecule has 4 rings (SSSR count). The molecule has 0 radical (unpaired) electrons. The number of benzene rings is 2. The Morgan fingerprint density at radius 1 is 1.00 bits per heavy atom. The standard InChI is InChI=1S/C17H16FN3O2S/c18-13-6-8-14(9-7-13)24(22,23)20-10-3-11-21-16-5-2-1-4-15(16)19-17(21)12-20/h1-2,4-9H,3,10-12H2. The Bertz CT molecular complexity index is 996. The number of para-hydroxylation sites is 2. The van der Waals surface area contributed by atoms with Gasteiger partial charge in [0.2, 0.25) is 10.0 Å². The van der Waals surface area contributed by atoms with Crippen LogP contribution in [0, 0.1) is 5.82 Å². The molecule has 1 aromatic heterocycles. The average molecular weight is 345 g/mol. The third-order valence-corrected chi connectivity index (χ3v) is 6.15. The van der Waals surface area contributed by atoms with E-state index in [-0.39, 0.29) is 11.4 Å². The van der Waals surface area contributed by atoms with Crippen molar-refractivity contribution in [2.24, 2.45) is 0 Å². The van der Waals surface area contributed by atoms with Gasteiger partial charge in [-0.1, -0.05) is 12.1 Å². The SMILES string of the molecule is O=S(=O)(c1ccc(F)cc1)N1CCCn2c(nc3ccccc32)C1. The summed E-state index contributed by atoms with van der Waals surface area (Å²) in [6.07, 6.45) is 0.702. The van der Waals surface area contributed by atoms with Gasteiger partial charge in [0.05, 0.1) is 22.5 Å². The minimum absolute atomic E-state index is 0.105. The number of rotatable bonds is 2. The first kappa shape index (κ1) is 15.3. The van der Waals surface area contributed by atoms with Gasteiger partial charge < -0.3 is 4.57 Å². The van der Waals surface area contributed by atoms with Gasteiger partial charge >= 0.3 is 0 Å². The smallest absolute Gasteiger partial charge is 0.243 e. The van der Waals surface area contributed by atoms with E-state index in [1.54, 1.807) is 0 Å². The van der Waals surface area contributed by atoms with Gasteiger partial charge in [0.25, 0.3) is 0 Å². The molecule has 0 saturated carbocycles. The fourth-order valence-electron chi connectivity index (χ4n) is 3.10. The van der Waals surface area contributed by atoms with Gasteiger partial charge in [-0.3, -0.25) is 0 Å². The second kappa shape index (κ2) is 5.68. The molecule has 1 aliphatic heterocycles. The highest BCUT2D eigenvalue weighted by Gasteiger charge is 2.28. The fraction of sp³-hybridized carbons (Fsp3) is 0.235. The van der Waals surface area contributed by atoms with Crippen LogP contribution in [-0.2, 0) is 23.1 Å². The molecular formula is C17H16FN3O2S. The Hall–Kier alpha value is -2.25. The quantitative estimate of drug-likeness (QED) is 0.718. The summed E-state index contributed by atoms with van der Waals surface area (Å²) in [4.78, 5) is 4.69. The van der Waals surface area contributed by atoms with Crippen molar-refractivity contribution in [2.45, 2.75) is 24.4 Å². The average Bonchev–Trinajstić information content (AvgIpc) is 2.78. The number of aryl methyl sites for hydroxylation is 1. The van der Waals surface area contributed by atoms with Gasteiger partial charge in [-0.2, -0.15) is 4.31 Å². The minimum atomic E-state index is -3.67. The number of hydrogen-bond acceptors (Lipinski definition) is 3. The van der Waals surface area contributed by atoms with Gasteiger partial charge in [-0.05, 0) is 42.8 Å². The molecule has 1 aliphatic rings. The second-order valence-electron chi connectivity index (χ2n) is 5.81. The number of hydrogen-bond donors (Lipinski definition) is 0. The van der Waals surface area contributed by atoms with Gasteiger partial charge in [0.15, 0.2) is 0 Å². The molecule has 24 heavy (non-hydrogen) atoms. The number of imidazole rings is 1. The number of halogens is 1. The Balaban J connectivity index is 1.73. The molecule has 0 spiro atoms. The Morgan fingerprint density at radius 3 is 2.54 bits per heavy atom. The largest absolute Gasteiger partial charge is 0.327 e. The van der Waals surface area contributed by atoms with Crippen molar-refractivity contribution >= 4 is 21.1 Å². The van der Waals surface area contributed by atoms with E-state index < -0.39 is 15.8 Å². The number of sulfonamides is 1. The van der Waals surface area contributed by atoms with Crippen LogP contribution in [0.4, 0.5) is 4.39 Å². The highest BCUT2D eigenvalue weighted by molar-refractivity contribution is 7.89. The molecule has 0 unspecified atom stereocenters. The lowest BCUT2D eigenvalue weighted by molar-refractivity contribution is 0.407. The number of aromatic nitrogens is 2. The highest BCUT2D eigenvalue weighted by Crippen LogP contribution is 2.24. The second-order valence-corrected chi connectivity index (χ2v) is 7.75. The molecule has 3 aromatic rings. The summed E-state index contributed by atoms with van der Waals surface area (Å²) in [6.45, 7) is 1.36. The zero-order valence-electron chi connectivity index (χ0n) is 12.9. The predicted molar refractivity (Wildman–Crippen MR) is 88.3 cm³/mol. The summed E-state index contributed by atoms with van der Waals surface area (Å²) < 4.78 is 42.3. The van der Waals surface area contributed by atoms with Crippen molar-refractivity contribution in [2.75, 3.05) is 6.54 Å². The van der Waals surface area contributed by atoms with Gasteiger partial charge in [0.1, 0.15) is 11.6 Å². The van der Waals surface area contributed by atoms with E-state index in [0.29, 0.717) is 13.0 Å². The van der Waals surface area contributed by atoms with Crippen LogP contribution >= 0.6 is 0 Å². The first-order chi connectivity index (χ1) is 11.6. The summed E-state index contributed by atoms with van der Waals surface area (Å²) in [5, 5.41) is 0. The van der Waals surface area contributed by atoms with Gasteiger partial charge in [0, 0.05) is 13.1 Å². The topological polar surface area (TPSA) is 55.2 Å². The van der Waals surface area contributed by atoms with E-state index in [2.05, 4.69) is 9.55 Å². The van der Waals surface area contributed by atoms with E-state index in [1.165, 1.54) is 28.6 Å². The summed E-state index contributed by atoms with van der Waals surface area (Å²) in [7, 11) is -3.67. The van der Waals surface area contributed by atoms with Crippen molar-refractivity contribution in [3.63, 3.8) is 0 Å². The molecule has 0 atom stereocenters. The molecule has 0 aliphatic carbocycles. The van der Waals surface area contributed by atoms with E-state index in [9.17, 15) is 12.8 Å². The van der Waals surface area contributed by atoms with Gasteiger partial charge in [-0.15, -0.1) is 0 Å². The Labute approximate surface area is 139 Å². The fourth-order valence-corrected chi connectivity index (χ4v) is 4.53. The molecule has 0 bridgehead atoms. The lowest BCUT2D eigenvalue weighted by Gasteiger charge is -2.19. The molecule has 0 saturated heterocycles. The van der Waals surface area contributed by atoms with Crippen molar-refractivity contribution in [1.29, 1.82) is 0 Å². The van der Waals surface area contributed by atoms with Crippen LogP contribution < -0.4 is 0 Å². The molecule has 5 nitrogen and oxygen atoms in total. The monoisotopic (exact) mass is 345 g/mol. The minimum Gasteiger partial charge on any atom is -0.327 e. The molecule has 7 heteroatoms. The van der Waals surface area contributed by atoms with Crippen LogP contribution in [0.1, 0.15) is 12.2 Å². The van der Waals surface area contributed by atoms with Crippen LogP contribution in [0.2, 0.25) is 0 Å². The lowest BCUT2D eigenvalue weighted by atomic mass is 10.3. The maximum atomic E-state index is 13.1. The first-order valence-corrected chi connectivity index (χ1v) is 9.19. The summed E-state index contributed by atoms with van der Waals surface area (Å²) in [6, 6.07) is 12.7. The zero-order chi connectivity index (χ0) is 16.7. The highest BCUT2D eigenvalue weighted by atomic mass is 32.2. The van der Waals surface area contributed by atoms with E-state index in [4.69, 9.17) is 0 Å². The normalized spacial score (nSPS) is 16.0. The summed E-state index contributed by atoms with van der Waals surface area (Å²) >= 11 is 0. The molecule has 0 N–H and O–H groups in total. The third kappa shape index (κ3) is 2.50. The number of fused-ring (bicyclic) bond motifs is 3. The van der Waals surface area contributed by atoms with Crippen molar-refractivity contribution < 1.29 is 12.8 Å². The number of nitrogens with zero attached hydrogens (tertiary/aromatic N) is 3. The molecule has 0 fully saturated rings. The molecule has 2 heterocycles. The maximum absolute atomic E-state index is 13.1. The van der Waals surface area contributed by atoms with Crippen LogP contribution in [0.25, 0.3) is 11.0 Å². The van der Waals surface area contributed by atoms with Crippen molar-refractivity contribution in [3.8, 4) is 0 Å². The summed E-state index contributed by atoms with van der Waals surface area (Å²) in [5.74, 6) is 0.283. The maximum Gasteiger partial charge on any atom is 0.243 e. The molecule has 2 aromatic carbocycles.